The van der Waals surface area contributed by atoms with Crippen LogP contribution in [0.3, 0.4) is 0 Å². The van der Waals surface area contributed by atoms with Crippen molar-refractivity contribution < 1.29 is 9.47 Å². The van der Waals surface area contributed by atoms with Crippen molar-refractivity contribution in [3.8, 4) is 17.1 Å². The van der Waals surface area contributed by atoms with Crippen molar-refractivity contribution in [2.45, 2.75) is 18.9 Å². The van der Waals surface area contributed by atoms with Crippen LogP contribution in [0.2, 0.25) is 0 Å². The Labute approximate surface area is 127 Å². The quantitative estimate of drug-likeness (QED) is 0.799. The Bertz CT molecular complexity index is 775. The van der Waals surface area contributed by atoms with E-state index < -0.39 is 0 Å². The van der Waals surface area contributed by atoms with E-state index in [2.05, 4.69) is 20.3 Å². The molecule has 0 spiro atoms. The molecule has 22 heavy (non-hydrogen) atoms. The summed E-state index contributed by atoms with van der Waals surface area (Å²) < 4.78 is 13.4. The summed E-state index contributed by atoms with van der Waals surface area (Å²) in [5.41, 5.74) is 2.75. The van der Waals surface area contributed by atoms with Gasteiger partial charge in [-0.2, -0.15) is 10.2 Å². The molecular weight excluding hydrogens is 282 g/mol. The maximum atomic E-state index is 6.15. The molecule has 0 saturated carbocycles. The molecule has 0 bridgehead atoms. The SMILES string of the molecule is Cn1nc(-c2cn[nH]c2)c2c(OC3CCOCC3)nccc21. The lowest BCUT2D eigenvalue weighted by molar-refractivity contribution is 0.0244. The lowest BCUT2D eigenvalue weighted by atomic mass is 10.1. The lowest BCUT2D eigenvalue weighted by Crippen LogP contribution is -2.26. The zero-order valence-corrected chi connectivity index (χ0v) is 12.3. The molecule has 4 rings (SSSR count). The molecule has 0 atom stereocenters. The molecule has 1 saturated heterocycles. The van der Waals surface area contributed by atoms with Gasteiger partial charge in [-0.25, -0.2) is 4.98 Å². The topological polar surface area (TPSA) is 77.9 Å². The fourth-order valence-electron chi connectivity index (χ4n) is 2.80. The van der Waals surface area contributed by atoms with Gasteiger partial charge in [0.15, 0.2) is 0 Å². The van der Waals surface area contributed by atoms with Gasteiger partial charge < -0.3 is 9.47 Å². The van der Waals surface area contributed by atoms with E-state index >= 15 is 0 Å². The Balaban J connectivity index is 1.80. The molecule has 1 fully saturated rings. The molecule has 3 aromatic rings. The third kappa shape index (κ3) is 2.23. The van der Waals surface area contributed by atoms with Crippen LogP contribution in [0.15, 0.2) is 24.7 Å². The van der Waals surface area contributed by atoms with Gasteiger partial charge in [0, 0.05) is 37.8 Å². The Morgan fingerprint density at radius 2 is 2.23 bits per heavy atom. The van der Waals surface area contributed by atoms with Crippen LogP contribution in [0, 0.1) is 0 Å². The summed E-state index contributed by atoms with van der Waals surface area (Å²) >= 11 is 0. The van der Waals surface area contributed by atoms with Gasteiger partial charge in [-0.15, -0.1) is 0 Å². The smallest absolute Gasteiger partial charge is 0.225 e. The van der Waals surface area contributed by atoms with E-state index in [1.54, 1.807) is 12.4 Å². The number of hydrogen-bond acceptors (Lipinski definition) is 5. The van der Waals surface area contributed by atoms with Gasteiger partial charge in [-0.1, -0.05) is 0 Å². The van der Waals surface area contributed by atoms with Crippen molar-refractivity contribution in [3.05, 3.63) is 24.7 Å². The zero-order valence-electron chi connectivity index (χ0n) is 12.3. The van der Waals surface area contributed by atoms with Crippen LogP contribution in [0.1, 0.15) is 12.8 Å². The molecule has 0 aromatic carbocycles. The summed E-state index contributed by atoms with van der Waals surface area (Å²) in [4.78, 5) is 4.44. The standard InChI is InChI=1S/C15H17N5O2/c1-20-12-2-5-16-15(22-11-3-6-21-7-4-11)13(12)14(19-20)10-8-17-18-9-10/h2,5,8-9,11H,3-4,6-7H2,1H3,(H,17,18). The summed E-state index contributed by atoms with van der Waals surface area (Å²) in [6.07, 6.45) is 7.26. The number of fused-ring (bicyclic) bond motifs is 1. The van der Waals surface area contributed by atoms with Gasteiger partial charge in [0.05, 0.1) is 30.3 Å². The molecule has 0 radical (unpaired) electrons. The maximum absolute atomic E-state index is 6.15. The van der Waals surface area contributed by atoms with Crippen molar-refractivity contribution in [3.63, 3.8) is 0 Å². The third-order valence-electron chi connectivity index (χ3n) is 3.95. The van der Waals surface area contributed by atoms with Gasteiger partial charge in [-0.3, -0.25) is 9.78 Å². The number of pyridine rings is 1. The number of nitrogens with zero attached hydrogens (tertiary/aromatic N) is 4. The minimum atomic E-state index is 0.143. The normalized spacial score (nSPS) is 16.2. The van der Waals surface area contributed by atoms with Crippen LogP contribution in [0.25, 0.3) is 22.2 Å². The van der Waals surface area contributed by atoms with Crippen molar-refractivity contribution >= 4 is 10.9 Å². The van der Waals surface area contributed by atoms with Gasteiger partial charge in [0.1, 0.15) is 11.8 Å². The minimum Gasteiger partial charge on any atom is -0.474 e. The highest BCUT2D eigenvalue weighted by Gasteiger charge is 2.21. The van der Waals surface area contributed by atoms with Crippen molar-refractivity contribution in [1.82, 2.24) is 25.0 Å². The zero-order chi connectivity index (χ0) is 14.9. The first-order valence-electron chi connectivity index (χ1n) is 7.38. The van der Waals surface area contributed by atoms with Crippen LogP contribution in [0.4, 0.5) is 0 Å². The first-order chi connectivity index (χ1) is 10.8. The van der Waals surface area contributed by atoms with Crippen LogP contribution in [-0.4, -0.2) is 44.3 Å². The molecule has 3 aromatic heterocycles. The summed E-state index contributed by atoms with van der Waals surface area (Å²) in [6.45, 7) is 1.48. The molecule has 7 nitrogen and oxygen atoms in total. The number of hydrogen-bond donors (Lipinski definition) is 1. The second-order valence-corrected chi connectivity index (χ2v) is 5.40. The summed E-state index contributed by atoms with van der Waals surface area (Å²) in [7, 11) is 1.92. The van der Waals surface area contributed by atoms with Gasteiger partial charge >= 0.3 is 0 Å². The predicted octanol–water partition coefficient (Wildman–Crippen LogP) is 1.92. The molecule has 1 aliphatic rings. The number of ether oxygens (including phenoxy) is 2. The Hall–Kier alpha value is -2.41. The fraction of sp³-hybridized carbons (Fsp3) is 0.400. The van der Waals surface area contributed by atoms with E-state index in [1.165, 1.54) is 0 Å². The molecule has 114 valence electrons. The third-order valence-corrected chi connectivity index (χ3v) is 3.95. The first-order valence-corrected chi connectivity index (χ1v) is 7.38. The van der Waals surface area contributed by atoms with Crippen molar-refractivity contribution in [2.24, 2.45) is 7.05 Å². The molecule has 4 heterocycles. The molecule has 7 heteroatoms. The number of nitrogens with one attached hydrogen (secondary N) is 1. The number of aromatic amines is 1. The lowest BCUT2D eigenvalue weighted by Gasteiger charge is -2.23. The second-order valence-electron chi connectivity index (χ2n) is 5.40. The highest BCUT2D eigenvalue weighted by Crippen LogP contribution is 2.33. The van der Waals surface area contributed by atoms with Crippen molar-refractivity contribution in [1.29, 1.82) is 0 Å². The Kier molecular flexibility index (Phi) is 3.27. The Morgan fingerprint density at radius 1 is 1.36 bits per heavy atom. The summed E-state index contributed by atoms with van der Waals surface area (Å²) in [5, 5.41) is 12.4. The number of aryl methyl sites for hydroxylation is 1. The van der Waals surface area contributed by atoms with E-state index in [0.29, 0.717) is 5.88 Å². The van der Waals surface area contributed by atoms with Crippen LogP contribution < -0.4 is 4.74 Å². The minimum absolute atomic E-state index is 0.143. The van der Waals surface area contributed by atoms with Crippen LogP contribution >= 0.6 is 0 Å². The first kappa shape index (κ1) is 13.3. The Morgan fingerprint density at radius 3 is 3.00 bits per heavy atom. The van der Waals surface area contributed by atoms with Crippen LogP contribution in [0.5, 0.6) is 5.88 Å². The van der Waals surface area contributed by atoms with Gasteiger partial charge in [0.25, 0.3) is 0 Å². The average Bonchev–Trinajstić information content (AvgIpc) is 3.17. The van der Waals surface area contributed by atoms with E-state index in [9.17, 15) is 0 Å². The number of rotatable bonds is 3. The maximum Gasteiger partial charge on any atom is 0.225 e. The average molecular weight is 299 g/mol. The van der Waals surface area contributed by atoms with E-state index in [1.807, 2.05) is 24.0 Å². The fourth-order valence-corrected chi connectivity index (χ4v) is 2.80. The van der Waals surface area contributed by atoms with Gasteiger partial charge in [-0.05, 0) is 6.07 Å². The van der Waals surface area contributed by atoms with Crippen LogP contribution in [-0.2, 0) is 11.8 Å². The summed E-state index contributed by atoms with van der Waals surface area (Å²) in [5.74, 6) is 0.633. The highest BCUT2D eigenvalue weighted by atomic mass is 16.5. The molecule has 1 aliphatic heterocycles. The van der Waals surface area contributed by atoms with E-state index in [-0.39, 0.29) is 6.10 Å². The predicted molar refractivity (Wildman–Crippen MR) is 80.6 cm³/mol. The molecule has 0 amide bonds. The highest BCUT2D eigenvalue weighted by molar-refractivity contribution is 5.96. The monoisotopic (exact) mass is 299 g/mol. The molecular formula is C15H17N5O2. The molecule has 0 unspecified atom stereocenters. The second kappa shape index (κ2) is 5.42. The number of H-pyrrole nitrogens is 1. The van der Waals surface area contributed by atoms with E-state index in [4.69, 9.17) is 9.47 Å². The molecule has 0 aliphatic carbocycles. The number of aromatic nitrogens is 5. The van der Waals surface area contributed by atoms with Crippen molar-refractivity contribution in [2.75, 3.05) is 13.2 Å². The summed E-state index contributed by atoms with van der Waals surface area (Å²) in [6, 6.07) is 1.95. The largest absolute Gasteiger partial charge is 0.474 e. The van der Waals surface area contributed by atoms with E-state index in [0.717, 1.165) is 48.2 Å². The van der Waals surface area contributed by atoms with Gasteiger partial charge in [0.2, 0.25) is 5.88 Å². The molecule has 1 N–H and O–H groups in total.